The Morgan fingerprint density at radius 2 is 1.92 bits per heavy atom. The fourth-order valence-corrected chi connectivity index (χ4v) is 3.68. The molecule has 0 bridgehead atoms. The first-order chi connectivity index (χ1) is 11.9. The molecule has 5 nitrogen and oxygen atoms in total. The van der Waals surface area contributed by atoms with Crippen molar-refractivity contribution in [3.63, 3.8) is 0 Å². The van der Waals surface area contributed by atoms with Gasteiger partial charge in [-0.15, -0.1) is 0 Å². The second-order valence-electron chi connectivity index (χ2n) is 5.53. The van der Waals surface area contributed by atoms with Gasteiger partial charge >= 0.3 is 0 Å². The van der Waals surface area contributed by atoms with Gasteiger partial charge in [0.15, 0.2) is 5.13 Å². The molecule has 2 N–H and O–H groups in total. The van der Waals surface area contributed by atoms with Gasteiger partial charge < -0.3 is 10.0 Å². The van der Waals surface area contributed by atoms with Crippen LogP contribution in [0, 0.1) is 11.3 Å². The van der Waals surface area contributed by atoms with Crippen LogP contribution in [0.1, 0.15) is 5.56 Å². The molecule has 126 valence electrons. The van der Waals surface area contributed by atoms with Gasteiger partial charge in [-0.1, -0.05) is 29.5 Å². The molecule has 0 amide bonds. The largest absolute Gasteiger partial charge is 0.331 e. The van der Waals surface area contributed by atoms with Gasteiger partial charge in [-0.25, -0.2) is 9.19 Å². The third-order valence-corrected chi connectivity index (χ3v) is 4.88. The Morgan fingerprint density at radius 1 is 1.20 bits per heavy atom. The number of aromatic nitrogens is 1. The van der Waals surface area contributed by atoms with E-state index in [9.17, 15) is 4.21 Å². The lowest BCUT2D eigenvalue weighted by Gasteiger charge is -2.09. The highest BCUT2D eigenvalue weighted by atomic mass is 32.2. The fraction of sp³-hybridized carbons (Fsp3) is 0.0556. The number of rotatable bonds is 5. The van der Waals surface area contributed by atoms with Crippen LogP contribution in [0.5, 0.6) is 0 Å². The van der Waals surface area contributed by atoms with E-state index in [1.165, 1.54) is 11.3 Å². The van der Waals surface area contributed by atoms with E-state index in [0.29, 0.717) is 5.56 Å². The summed E-state index contributed by atoms with van der Waals surface area (Å²) in [6.07, 6.45) is 3.35. The highest BCUT2D eigenvalue weighted by molar-refractivity contribution is 8.00. The highest BCUT2D eigenvalue weighted by Crippen LogP contribution is 2.31. The zero-order valence-electron chi connectivity index (χ0n) is 13.5. The minimum absolute atomic E-state index is 0.633. The molecule has 1 unspecified atom stereocenters. The van der Waals surface area contributed by atoms with E-state index in [0.717, 1.165) is 26.9 Å². The van der Waals surface area contributed by atoms with E-state index in [1.54, 1.807) is 24.6 Å². The molecule has 1 heterocycles. The average molecular weight is 368 g/mol. The number of nitrogens with zero attached hydrogens (tertiary/aromatic N) is 2. The topological polar surface area (TPSA) is 77.8 Å². The molecule has 0 aliphatic heterocycles. The van der Waals surface area contributed by atoms with Crippen LogP contribution in [-0.2, 0) is 9.71 Å². The van der Waals surface area contributed by atoms with Crippen molar-refractivity contribution in [3.8, 4) is 16.5 Å². The smallest absolute Gasteiger partial charge is 0.187 e. The number of thiazole rings is 1. The van der Waals surface area contributed by atoms with Crippen molar-refractivity contribution in [3.05, 3.63) is 60.3 Å². The minimum atomic E-state index is -2.32. The molecule has 1 atom stereocenters. The Balaban J connectivity index is 1.77. The van der Waals surface area contributed by atoms with E-state index < -0.39 is 9.71 Å². The summed E-state index contributed by atoms with van der Waals surface area (Å²) in [6.45, 7) is 0. The number of hydrogen-bond donors (Lipinski definition) is 2. The van der Waals surface area contributed by atoms with E-state index >= 15 is 0 Å². The summed E-state index contributed by atoms with van der Waals surface area (Å²) >= 11 is 1.52. The molecule has 25 heavy (non-hydrogen) atoms. The number of hydrogen-bond acceptors (Lipinski definition) is 5. The second kappa shape index (κ2) is 6.97. The van der Waals surface area contributed by atoms with Crippen LogP contribution in [-0.4, -0.2) is 21.3 Å². The lowest BCUT2D eigenvalue weighted by molar-refractivity contribution is 0.688. The maximum atomic E-state index is 11.8. The Labute approximate surface area is 151 Å². The molecule has 0 saturated carbocycles. The lowest BCUT2D eigenvalue weighted by atomic mass is 10.1. The molecule has 2 aromatic carbocycles. The van der Waals surface area contributed by atoms with Crippen LogP contribution >= 0.6 is 11.3 Å². The van der Waals surface area contributed by atoms with Gasteiger partial charge in [0.1, 0.15) is 0 Å². The SMILES string of the molecule is C=S(C)(=O)Nc1cccc(Nc2ncc(-c3ccc(C#N)cc3)s2)c1. The molecule has 0 spiro atoms. The first-order valence-electron chi connectivity index (χ1n) is 7.36. The fourth-order valence-electron chi connectivity index (χ4n) is 2.21. The summed E-state index contributed by atoms with van der Waals surface area (Å²) in [7, 11) is -2.32. The van der Waals surface area contributed by atoms with Gasteiger partial charge in [-0.3, -0.25) is 0 Å². The maximum absolute atomic E-state index is 11.8. The number of anilines is 3. The van der Waals surface area contributed by atoms with Crippen LogP contribution < -0.4 is 10.0 Å². The first-order valence-corrected chi connectivity index (χ1v) is 10.3. The first kappa shape index (κ1) is 17.0. The summed E-state index contributed by atoms with van der Waals surface area (Å²) in [6, 6.07) is 17.0. The van der Waals surface area contributed by atoms with Crippen LogP contribution in [0.4, 0.5) is 16.5 Å². The maximum Gasteiger partial charge on any atom is 0.187 e. The molecule has 0 radical (unpaired) electrons. The van der Waals surface area contributed by atoms with E-state index in [2.05, 4.69) is 27.0 Å². The second-order valence-corrected chi connectivity index (χ2v) is 8.78. The van der Waals surface area contributed by atoms with Gasteiger partial charge in [-0.2, -0.15) is 5.26 Å². The van der Waals surface area contributed by atoms with Crippen LogP contribution in [0.2, 0.25) is 0 Å². The lowest BCUT2D eigenvalue weighted by Crippen LogP contribution is -2.09. The summed E-state index contributed by atoms with van der Waals surface area (Å²) in [5, 5.41) is 12.9. The molecule has 0 saturated heterocycles. The van der Waals surface area contributed by atoms with Crippen LogP contribution in [0.25, 0.3) is 10.4 Å². The zero-order valence-corrected chi connectivity index (χ0v) is 15.2. The third-order valence-electron chi connectivity index (χ3n) is 3.25. The van der Waals surface area contributed by atoms with Crippen molar-refractivity contribution in [1.82, 2.24) is 4.98 Å². The number of nitrogens with one attached hydrogen (secondary N) is 2. The van der Waals surface area contributed by atoms with Crippen molar-refractivity contribution in [2.24, 2.45) is 0 Å². The Bertz CT molecular complexity index is 1030. The van der Waals surface area contributed by atoms with E-state index in [4.69, 9.17) is 5.26 Å². The zero-order chi connectivity index (χ0) is 17.9. The minimum Gasteiger partial charge on any atom is -0.331 e. The Morgan fingerprint density at radius 3 is 2.60 bits per heavy atom. The Hall–Kier alpha value is -2.82. The highest BCUT2D eigenvalue weighted by Gasteiger charge is 2.06. The van der Waals surface area contributed by atoms with Gasteiger partial charge in [0.05, 0.1) is 16.5 Å². The number of benzene rings is 2. The predicted molar refractivity (Wildman–Crippen MR) is 107 cm³/mol. The summed E-state index contributed by atoms with van der Waals surface area (Å²) in [5.74, 6) is 3.59. The molecule has 3 rings (SSSR count). The molecule has 1 aromatic heterocycles. The van der Waals surface area contributed by atoms with Gasteiger partial charge in [-0.05, 0) is 41.8 Å². The van der Waals surface area contributed by atoms with Gasteiger partial charge in [0.25, 0.3) is 0 Å². The standard InChI is InChI=1S/C18H16N4OS2/c1-25(2,23)22-16-5-3-4-15(10-16)21-18-20-12-17(24-18)14-8-6-13(11-19)7-9-14/h3-10,12H,1H2,2H3,(H,20,21)(H,22,23). The molecule has 0 aliphatic rings. The summed E-state index contributed by atoms with van der Waals surface area (Å²) in [4.78, 5) is 5.40. The number of nitriles is 1. The third kappa shape index (κ3) is 4.59. The molecular formula is C18H16N4OS2. The Kier molecular flexibility index (Phi) is 4.74. The summed E-state index contributed by atoms with van der Waals surface area (Å²) in [5.41, 5.74) is 3.22. The molecular weight excluding hydrogens is 352 g/mol. The normalized spacial score (nSPS) is 12.8. The van der Waals surface area contributed by atoms with E-state index in [1.807, 2.05) is 36.4 Å². The molecule has 0 fully saturated rings. The van der Waals surface area contributed by atoms with Crippen LogP contribution in [0.15, 0.2) is 54.7 Å². The van der Waals surface area contributed by atoms with Gasteiger partial charge in [0.2, 0.25) is 0 Å². The molecule has 0 aliphatic carbocycles. The van der Waals surface area contributed by atoms with Crippen molar-refractivity contribution in [2.75, 3.05) is 16.3 Å². The van der Waals surface area contributed by atoms with Gasteiger partial charge in [0, 0.05) is 33.5 Å². The quantitative estimate of drug-likeness (QED) is 0.665. The van der Waals surface area contributed by atoms with Crippen molar-refractivity contribution in [1.29, 1.82) is 5.26 Å². The predicted octanol–water partition coefficient (Wildman–Crippen LogP) is 4.10. The monoisotopic (exact) mass is 368 g/mol. The average Bonchev–Trinajstić information content (AvgIpc) is 3.02. The van der Waals surface area contributed by atoms with Crippen molar-refractivity contribution < 1.29 is 4.21 Å². The molecule has 7 heteroatoms. The van der Waals surface area contributed by atoms with Crippen LogP contribution in [0.3, 0.4) is 0 Å². The van der Waals surface area contributed by atoms with Crippen molar-refractivity contribution >= 4 is 43.4 Å². The molecule has 3 aromatic rings. The van der Waals surface area contributed by atoms with Crippen molar-refractivity contribution in [2.45, 2.75) is 0 Å². The van der Waals surface area contributed by atoms with E-state index in [-0.39, 0.29) is 0 Å². The summed E-state index contributed by atoms with van der Waals surface area (Å²) < 4.78 is 14.6.